The van der Waals surface area contributed by atoms with Gasteiger partial charge in [0.1, 0.15) is 0 Å². The van der Waals surface area contributed by atoms with Crippen molar-refractivity contribution in [2.75, 3.05) is 0 Å². The Kier molecular flexibility index (Phi) is 3.07. The lowest BCUT2D eigenvalue weighted by Crippen LogP contribution is -2.24. The zero-order valence-corrected chi connectivity index (χ0v) is 9.49. The normalized spacial score (nSPS) is 11.5. The van der Waals surface area contributed by atoms with Gasteiger partial charge in [0.05, 0.1) is 17.8 Å². The van der Waals surface area contributed by atoms with E-state index in [2.05, 4.69) is 19.7 Å². The van der Waals surface area contributed by atoms with E-state index in [9.17, 15) is 13.2 Å². The van der Waals surface area contributed by atoms with Crippen LogP contribution in [0.1, 0.15) is 5.69 Å². The average molecular weight is 254 g/mol. The van der Waals surface area contributed by atoms with Crippen molar-refractivity contribution in [3.05, 3.63) is 46.9 Å². The van der Waals surface area contributed by atoms with Crippen LogP contribution in [0.2, 0.25) is 0 Å². The first kappa shape index (κ1) is 11.6. The Morgan fingerprint density at radius 1 is 1.29 bits per heavy atom. The molecule has 0 spiro atoms. The van der Waals surface area contributed by atoms with Crippen molar-refractivity contribution in [2.24, 2.45) is 0 Å². The maximum Gasteiger partial charge on any atom is 0.247 e. The molecular weight excluding hydrogens is 244 g/mol. The van der Waals surface area contributed by atoms with Gasteiger partial charge in [0.15, 0.2) is 0 Å². The number of aromatic amines is 2. The quantitative estimate of drug-likeness (QED) is 0.688. The maximum atomic E-state index is 11.8. The molecule has 0 aromatic carbocycles. The van der Waals surface area contributed by atoms with Crippen molar-refractivity contribution in [1.82, 2.24) is 19.7 Å². The van der Waals surface area contributed by atoms with Crippen LogP contribution in [0.3, 0.4) is 0 Å². The summed E-state index contributed by atoms with van der Waals surface area (Å²) >= 11 is 0. The van der Waals surface area contributed by atoms with Crippen LogP contribution in [0.25, 0.3) is 0 Å². The number of imidazole rings is 1. The minimum Gasteiger partial charge on any atom is -0.347 e. The maximum absolute atomic E-state index is 11.8. The molecule has 0 saturated heterocycles. The number of aromatic nitrogens is 3. The third-order valence-corrected chi connectivity index (χ3v) is 3.47. The van der Waals surface area contributed by atoms with E-state index in [-0.39, 0.29) is 17.0 Å². The smallest absolute Gasteiger partial charge is 0.247 e. The molecule has 2 aromatic rings. The van der Waals surface area contributed by atoms with E-state index in [0.29, 0.717) is 5.69 Å². The number of nitrogens with one attached hydrogen (secondary N) is 3. The highest BCUT2D eigenvalue weighted by molar-refractivity contribution is 7.89. The molecule has 90 valence electrons. The summed E-state index contributed by atoms with van der Waals surface area (Å²) in [4.78, 5) is 19.7. The summed E-state index contributed by atoms with van der Waals surface area (Å²) < 4.78 is 25.9. The van der Waals surface area contributed by atoms with Gasteiger partial charge in [-0.15, -0.1) is 0 Å². The van der Waals surface area contributed by atoms with Crippen molar-refractivity contribution in [3.63, 3.8) is 0 Å². The summed E-state index contributed by atoms with van der Waals surface area (Å²) in [6.07, 6.45) is 4.14. The third kappa shape index (κ3) is 2.80. The number of rotatable bonds is 4. The zero-order chi connectivity index (χ0) is 12.3. The number of hydrogen-bond acceptors (Lipinski definition) is 4. The number of pyridine rings is 1. The van der Waals surface area contributed by atoms with Crippen molar-refractivity contribution in [3.8, 4) is 0 Å². The summed E-state index contributed by atoms with van der Waals surface area (Å²) in [6.45, 7) is 0.113. The summed E-state index contributed by atoms with van der Waals surface area (Å²) in [6, 6.07) is 2.40. The Morgan fingerprint density at radius 3 is 2.71 bits per heavy atom. The van der Waals surface area contributed by atoms with Crippen molar-refractivity contribution in [1.29, 1.82) is 0 Å². The number of nitrogens with zero attached hydrogens (tertiary/aromatic N) is 1. The van der Waals surface area contributed by atoms with Crippen LogP contribution < -0.4 is 10.3 Å². The van der Waals surface area contributed by atoms with Gasteiger partial charge >= 0.3 is 0 Å². The molecule has 0 aliphatic heterocycles. The minimum atomic E-state index is -3.62. The Labute approximate surface area is 97.0 Å². The van der Waals surface area contributed by atoms with E-state index in [1.807, 2.05) is 0 Å². The predicted molar refractivity (Wildman–Crippen MR) is 59.7 cm³/mol. The molecular formula is C9H10N4O3S. The van der Waals surface area contributed by atoms with E-state index in [4.69, 9.17) is 0 Å². The summed E-state index contributed by atoms with van der Waals surface area (Å²) in [5.41, 5.74) is 0.301. The Morgan fingerprint density at radius 2 is 2.12 bits per heavy atom. The molecule has 2 heterocycles. The first-order valence-corrected chi connectivity index (χ1v) is 6.22. The van der Waals surface area contributed by atoms with Gasteiger partial charge < -0.3 is 9.97 Å². The van der Waals surface area contributed by atoms with Gasteiger partial charge in [0.25, 0.3) is 0 Å². The predicted octanol–water partition coefficient (Wildman–Crippen LogP) is -0.424. The molecule has 3 N–H and O–H groups in total. The van der Waals surface area contributed by atoms with Crippen molar-refractivity contribution in [2.45, 2.75) is 11.4 Å². The van der Waals surface area contributed by atoms with Gasteiger partial charge in [-0.1, -0.05) is 0 Å². The first-order valence-electron chi connectivity index (χ1n) is 4.73. The van der Waals surface area contributed by atoms with E-state index in [0.717, 1.165) is 12.3 Å². The lowest BCUT2D eigenvalue weighted by Gasteiger charge is -2.04. The minimum absolute atomic E-state index is 0.0108. The van der Waals surface area contributed by atoms with Gasteiger partial charge in [-0.2, -0.15) is 0 Å². The number of sulfonamides is 1. The van der Waals surface area contributed by atoms with Crippen LogP contribution >= 0.6 is 0 Å². The van der Waals surface area contributed by atoms with Crippen LogP contribution in [-0.4, -0.2) is 23.4 Å². The van der Waals surface area contributed by atoms with Gasteiger partial charge in [-0.05, 0) is 6.07 Å². The second-order valence-corrected chi connectivity index (χ2v) is 5.06. The highest BCUT2D eigenvalue weighted by Gasteiger charge is 2.13. The number of hydrogen-bond donors (Lipinski definition) is 3. The largest absolute Gasteiger partial charge is 0.347 e. The topological polar surface area (TPSA) is 108 Å². The van der Waals surface area contributed by atoms with E-state index >= 15 is 0 Å². The number of H-pyrrole nitrogens is 2. The SMILES string of the molecule is O=c1ccc(S(=O)(=O)NCc2cnc[nH]2)c[nH]1. The average Bonchev–Trinajstić information content (AvgIpc) is 2.80. The van der Waals surface area contributed by atoms with Gasteiger partial charge in [-0.25, -0.2) is 18.1 Å². The van der Waals surface area contributed by atoms with Gasteiger partial charge in [-0.3, -0.25) is 4.79 Å². The van der Waals surface area contributed by atoms with Crippen LogP contribution in [0.5, 0.6) is 0 Å². The van der Waals surface area contributed by atoms with Crippen LogP contribution in [0.15, 0.2) is 40.5 Å². The molecule has 0 bridgehead atoms. The highest BCUT2D eigenvalue weighted by Crippen LogP contribution is 2.04. The van der Waals surface area contributed by atoms with Gasteiger partial charge in [0.2, 0.25) is 15.6 Å². The van der Waals surface area contributed by atoms with Crippen LogP contribution in [0, 0.1) is 0 Å². The fourth-order valence-electron chi connectivity index (χ4n) is 1.20. The Hall–Kier alpha value is -1.93. The zero-order valence-electron chi connectivity index (χ0n) is 8.67. The van der Waals surface area contributed by atoms with Crippen molar-refractivity contribution < 1.29 is 8.42 Å². The van der Waals surface area contributed by atoms with Gasteiger partial charge in [0, 0.05) is 24.2 Å². The van der Waals surface area contributed by atoms with E-state index in [1.54, 1.807) is 0 Å². The lowest BCUT2D eigenvalue weighted by molar-refractivity contribution is 0.580. The molecule has 2 rings (SSSR count). The molecule has 0 saturated carbocycles. The first-order chi connectivity index (χ1) is 8.08. The van der Waals surface area contributed by atoms with Crippen molar-refractivity contribution >= 4 is 10.0 Å². The molecule has 0 aliphatic rings. The molecule has 2 aromatic heterocycles. The summed E-state index contributed by atoms with van der Waals surface area (Å²) in [5, 5.41) is 0. The fraction of sp³-hybridized carbons (Fsp3) is 0.111. The highest BCUT2D eigenvalue weighted by atomic mass is 32.2. The fourth-order valence-corrected chi connectivity index (χ4v) is 2.17. The summed E-state index contributed by atoms with van der Waals surface area (Å²) in [7, 11) is -3.62. The van der Waals surface area contributed by atoms with Crippen LogP contribution in [-0.2, 0) is 16.6 Å². The molecule has 0 aliphatic carbocycles. The molecule has 0 unspecified atom stereocenters. The monoisotopic (exact) mass is 254 g/mol. The lowest BCUT2D eigenvalue weighted by atomic mass is 10.5. The Bertz CT molecular complexity index is 625. The molecule has 0 radical (unpaired) electrons. The molecule has 8 heteroatoms. The third-order valence-electron chi connectivity index (χ3n) is 2.07. The second kappa shape index (κ2) is 4.52. The van der Waals surface area contributed by atoms with E-state index < -0.39 is 10.0 Å². The molecule has 17 heavy (non-hydrogen) atoms. The van der Waals surface area contributed by atoms with E-state index in [1.165, 1.54) is 18.6 Å². The summed E-state index contributed by atoms with van der Waals surface area (Å²) in [5.74, 6) is 0. The second-order valence-electron chi connectivity index (χ2n) is 3.29. The molecule has 0 amide bonds. The van der Waals surface area contributed by atoms with Crippen LogP contribution in [0.4, 0.5) is 0 Å². The molecule has 0 fully saturated rings. The Balaban J connectivity index is 2.14. The molecule has 7 nitrogen and oxygen atoms in total. The molecule has 0 atom stereocenters. The standard InChI is InChI=1S/C9H10N4O3S/c14-9-2-1-8(5-11-9)17(15,16)13-4-7-3-10-6-12-7/h1-3,5-6,13H,4H2,(H,10,12)(H,11,14).